The number of anilines is 1. The number of H-pyrrole nitrogens is 1. The van der Waals surface area contributed by atoms with Crippen LogP contribution < -0.4 is 10.1 Å². The SMILES string of the molecule is O=C(Nc1ccc(OC(F)(F)Cl)cc1)c1cnc(-n2cccc2)c(-c2ccn[nH]2)c1. The third-order valence-corrected chi connectivity index (χ3v) is 4.19. The Balaban J connectivity index is 1.58. The lowest BCUT2D eigenvalue weighted by Crippen LogP contribution is -2.16. The normalized spacial score (nSPS) is 11.3. The smallest absolute Gasteiger partial charge is 0.420 e. The number of aromatic amines is 1. The summed E-state index contributed by atoms with van der Waals surface area (Å²) >= 11 is 4.74. The lowest BCUT2D eigenvalue weighted by Gasteiger charge is -2.12. The van der Waals surface area contributed by atoms with Crippen LogP contribution in [0.3, 0.4) is 0 Å². The molecule has 0 radical (unpaired) electrons. The van der Waals surface area contributed by atoms with Crippen molar-refractivity contribution in [2.45, 2.75) is 5.57 Å². The molecule has 0 unspecified atom stereocenters. The van der Waals surface area contributed by atoms with Gasteiger partial charge in [0, 0.05) is 47.6 Å². The van der Waals surface area contributed by atoms with Gasteiger partial charge in [-0.3, -0.25) is 9.89 Å². The first kappa shape index (κ1) is 19.6. The van der Waals surface area contributed by atoms with Crippen LogP contribution in [0.25, 0.3) is 17.1 Å². The Morgan fingerprint density at radius 1 is 1.17 bits per heavy atom. The van der Waals surface area contributed by atoms with Gasteiger partial charge in [-0.1, -0.05) is 0 Å². The van der Waals surface area contributed by atoms with Gasteiger partial charge in [-0.25, -0.2) is 4.98 Å². The molecule has 0 aliphatic carbocycles. The summed E-state index contributed by atoms with van der Waals surface area (Å²) in [5.74, 6) is 0.0789. The third kappa shape index (κ3) is 4.47. The van der Waals surface area contributed by atoms with E-state index in [1.165, 1.54) is 30.5 Å². The lowest BCUT2D eigenvalue weighted by molar-refractivity contribution is -0.0964. The highest BCUT2D eigenvalue weighted by Crippen LogP contribution is 2.27. The van der Waals surface area contributed by atoms with Gasteiger partial charge in [0.2, 0.25) is 0 Å². The van der Waals surface area contributed by atoms with E-state index in [4.69, 9.17) is 11.6 Å². The van der Waals surface area contributed by atoms with Crippen molar-refractivity contribution in [3.05, 3.63) is 78.9 Å². The number of ether oxygens (including phenoxy) is 1. The van der Waals surface area contributed by atoms with Crippen LogP contribution in [0, 0.1) is 0 Å². The molecule has 1 amide bonds. The molecular formula is C20H14ClF2N5O2. The number of pyridine rings is 1. The summed E-state index contributed by atoms with van der Waals surface area (Å²) in [7, 11) is 0. The summed E-state index contributed by atoms with van der Waals surface area (Å²) in [5, 5.41) is 9.52. The van der Waals surface area contributed by atoms with Gasteiger partial charge >= 0.3 is 5.57 Å². The zero-order chi connectivity index (χ0) is 21.1. The van der Waals surface area contributed by atoms with Crippen molar-refractivity contribution in [3.8, 4) is 22.8 Å². The first-order valence-corrected chi connectivity index (χ1v) is 9.07. The van der Waals surface area contributed by atoms with Crippen molar-refractivity contribution >= 4 is 23.2 Å². The molecule has 10 heteroatoms. The fraction of sp³-hybridized carbons (Fsp3) is 0.0500. The minimum Gasteiger partial charge on any atom is -0.420 e. The van der Waals surface area contributed by atoms with Crippen molar-refractivity contribution in [2.75, 3.05) is 5.32 Å². The number of nitrogens with one attached hydrogen (secondary N) is 2. The number of nitrogens with zero attached hydrogens (tertiary/aromatic N) is 3. The minimum absolute atomic E-state index is 0.132. The number of hydrogen-bond acceptors (Lipinski definition) is 4. The lowest BCUT2D eigenvalue weighted by atomic mass is 10.1. The molecule has 0 fully saturated rings. The number of hydrogen-bond donors (Lipinski definition) is 2. The van der Waals surface area contributed by atoms with Crippen LogP contribution in [0.1, 0.15) is 10.4 Å². The molecule has 3 aromatic heterocycles. The number of carbonyl (C=O) groups excluding carboxylic acids is 1. The minimum atomic E-state index is -3.80. The largest absolute Gasteiger partial charge is 0.487 e. The summed E-state index contributed by atoms with van der Waals surface area (Å²) in [6.07, 6.45) is 6.75. The Morgan fingerprint density at radius 3 is 2.53 bits per heavy atom. The van der Waals surface area contributed by atoms with Gasteiger partial charge in [0.25, 0.3) is 5.91 Å². The van der Waals surface area contributed by atoms with E-state index in [-0.39, 0.29) is 5.75 Å². The molecule has 152 valence electrons. The zero-order valence-corrected chi connectivity index (χ0v) is 16.0. The van der Waals surface area contributed by atoms with Crippen molar-refractivity contribution in [1.29, 1.82) is 0 Å². The first-order valence-electron chi connectivity index (χ1n) is 8.69. The average molecular weight is 430 g/mol. The highest BCUT2D eigenvalue weighted by atomic mass is 35.5. The van der Waals surface area contributed by atoms with E-state index < -0.39 is 11.5 Å². The van der Waals surface area contributed by atoms with Gasteiger partial charge in [-0.15, -0.1) is 8.78 Å². The number of amides is 1. The molecule has 3 heterocycles. The van der Waals surface area contributed by atoms with Gasteiger partial charge in [-0.05, 0) is 48.5 Å². The van der Waals surface area contributed by atoms with Gasteiger partial charge in [0.05, 0.1) is 11.3 Å². The molecular weight excluding hydrogens is 416 g/mol. The van der Waals surface area contributed by atoms with Gasteiger partial charge in [-0.2, -0.15) is 5.10 Å². The maximum Gasteiger partial charge on any atom is 0.487 e. The Bertz CT molecular complexity index is 1140. The highest BCUT2D eigenvalue weighted by molar-refractivity contribution is 6.20. The monoisotopic (exact) mass is 429 g/mol. The molecule has 0 spiro atoms. The molecule has 0 atom stereocenters. The van der Waals surface area contributed by atoms with Gasteiger partial charge < -0.3 is 14.6 Å². The van der Waals surface area contributed by atoms with Gasteiger partial charge in [0.15, 0.2) is 0 Å². The molecule has 4 aromatic rings. The fourth-order valence-electron chi connectivity index (χ4n) is 2.81. The summed E-state index contributed by atoms with van der Waals surface area (Å²) in [6.45, 7) is 0. The van der Waals surface area contributed by atoms with E-state index in [0.29, 0.717) is 28.3 Å². The third-order valence-electron chi connectivity index (χ3n) is 4.11. The second-order valence-electron chi connectivity index (χ2n) is 6.18. The van der Waals surface area contributed by atoms with Crippen LogP contribution in [0.5, 0.6) is 5.75 Å². The fourth-order valence-corrected chi connectivity index (χ4v) is 2.90. The maximum atomic E-state index is 12.7. The number of rotatable bonds is 6. The standard InChI is InChI=1S/C20H14ClF2N5O2/c21-20(22,23)30-15-5-3-14(4-6-15)26-19(29)13-11-16(17-7-8-25-27-17)18(24-12-13)28-9-1-2-10-28/h1-12H,(H,25,27)(H,26,29). The second-order valence-corrected chi connectivity index (χ2v) is 6.62. The maximum absolute atomic E-state index is 12.7. The summed E-state index contributed by atoms with van der Waals surface area (Å²) in [5.41, 5.74) is -1.72. The van der Waals surface area contributed by atoms with Gasteiger partial charge in [0.1, 0.15) is 11.6 Å². The summed E-state index contributed by atoms with van der Waals surface area (Å²) in [6, 6.07) is 12.6. The molecule has 0 aliphatic rings. The van der Waals surface area contributed by atoms with E-state index >= 15 is 0 Å². The second kappa shape index (κ2) is 7.96. The number of aromatic nitrogens is 4. The predicted octanol–water partition coefficient (Wildman–Crippen LogP) is 4.68. The Labute approximate surface area is 174 Å². The van der Waals surface area contributed by atoms with Crippen LogP contribution >= 0.6 is 11.6 Å². The van der Waals surface area contributed by atoms with E-state index in [1.807, 2.05) is 29.1 Å². The molecule has 2 N–H and O–H groups in total. The number of halogens is 3. The molecule has 0 saturated carbocycles. The molecule has 1 aromatic carbocycles. The average Bonchev–Trinajstić information content (AvgIpc) is 3.42. The molecule has 30 heavy (non-hydrogen) atoms. The Kier molecular flexibility index (Phi) is 5.20. The number of alkyl halides is 3. The predicted molar refractivity (Wildman–Crippen MR) is 107 cm³/mol. The van der Waals surface area contributed by atoms with Crippen LogP contribution in [0.15, 0.2) is 73.3 Å². The van der Waals surface area contributed by atoms with Crippen LogP contribution in [-0.2, 0) is 0 Å². The molecule has 4 rings (SSSR count). The van der Waals surface area contributed by atoms with Crippen molar-refractivity contribution in [3.63, 3.8) is 0 Å². The Morgan fingerprint density at radius 2 is 1.90 bits per heavy atom. The highest BCUT2D eigenvalue weighted by Gasteiger charge is 2.27. The molecule has 0 aliphatic heterocycles. The Hall–Kier alpha value is -3.72. The van der Waals surface area contributed by atoms with Crippen molar-refractivity contribution in [2.24, 2.45) is 0 Å². The first-order chi connectivity index (χ1) is 14.4. The number of benzene rings is 1. The summed E-state index contributed by atoms with van der Waals surface area (Å²) < 4.78 is 31.4. The molecule has 7 nitrogen and oxygen atoms in total. The molecule has 0 bridgehead atoms. The van der Waals surface area contributed by atoms with Crippen molar-refractivity contribution < 1.29 is 18.3 Å². The zero-order valence-electron chi connectivity index (χ0n) is 15.2. The van der Waals surface area contributed by atoms with E-state index in [9.17, 15) is 13.6 Å². The molecule has 0 saturated heterocycles. The van der Waals surface area contributed by atoms with E-state index in [2.05, 4.69) is 25.2 Å². The number of carbonyl (C=O) groups is 1. The van der Waals surface area contributed by atoms with Crippen LogP contribution in [0.4, 0.5) is 14.5 Å². The topological polar surface area (TPSA) is 84.8 Å². The summed E-state index contributed by atoms with van der Waals surface area (Å²) in [4.78, 5) is 17.1. The quantitative estimate of drug-likeness (QED) is 0.436. The van der Waals surface area contributed by atoms with Crippen molar-refractivity contribution in [1.82, 2.24) is 19.7 Å². The van der Waals surface area contributed by atoms with E-state index in [0.717, 1.165) is 0 Å². The van der Waals surface area contributed by atoms with E-state index in [1.54, 1.807) is 18.3 Å². The van der Waals surface area contributed by atoms with Crippen LogP contribution in [0.2, 0.25) is 0 Å². The van der Waals surface area contributed by atoms with Crippen LogP contribution in [-0.4, -0.2) is 31.2 Å².